The van der Waals surface area contributed by atoms with Crippen LogP contribution >= 0.6 is 0 Å². The number of carboxylic acid groups (broad SMARTS) is 1. The predicted molar refractivity (Wildman–Crippen MR) is 67.6 cm³/mol. The highest BCUT2D eigenvalue weighted by atomic mass is 19.1. The minimum atomic E-state index is -1.20. The van der Waals surface area contributed by atoms with Crippen LogP contribution in [0.5, 0.6) is 0 Å². The molecule has 1 saturated heterocycles. The number of carboxylic acids is 1. The number of carbonyl (C=O) groups is 2. The first-order chi connectivity index (χ1) is 9.08. The first-order valence-corrected chi connectivity index (χ1v) is 6.15. The van der Waals surface area contributed by atoms with E-state index in [1.165, 1.54) is 0 Å². The van der Waals surface area contributed by atoms with Gasteiger partial charge in [0, 0.05) is 0 Å². The van der Waals surface area contributed by atoms with Crippen LogP contribution in [0, 0.1) is 5.82 Å². The maximum absolute atomic E-state index is 13.1. The average molecular weight is 266 g/mol. The van der Waals surface area contributed by atoms with Gasteiger partial charge in [-0.1, -0.05) is 6.42 Å². The van der Waals surface area contributed by atoms with E-state index in [0.29, 0.717) is 6.42 Å². The number of piperidine rings is 1. The predicted octanol–water partition coefficient (Wildman–Crippen LogP) is 1.60. The lowest BCUT2D eigenvalue weighted by atomic mass is 10.0. The molecular weight excluding hydrogens is 251 g/mol. The Kier molecular flexibility index (Phi) is 4.11. The van der Waals surface area contributed by atoms with Crippen LogP contribution in [0.2, 0.25) is 0 Å². The van der Waals surface area contributed by atoms with Gasteiger partial charge in [-0.15, -0.1) is 0 Å². The summed E-state index contributed by atoms with van der Waals surface area (Å²) in [6.45, 7) is 0.757. The van der Waals surface area contributed by atoms with E-state index in [0.717, 1.165) is 37.6 Å². The molecule has 6 heteroatoms. The van der Waals surface area contributed by atoms with Crippen molar-refractivity contribution in [3.63, 3.8) is 0 Å². The Morgan fingerprint density at radius 1 is 1.37 bits per heavy atom. The highest BCUT2D eigenvalue weighted by Crippen LogP contribution is 2.18. The number of hydrogen-bond donors (Lipinski definition) is 3. The van der Waals surface area contributed by atoms with Crippen molar-refractivity contribution < 1.29 is 19.1 Å². The van der Waals surface area contributed by atoms with Crippen LogP contribution in [0.3, 0.4) is 0 Å². The van der Waals surface area contributed by atoms with Gasteiger partial charge in [0.2, 0.25) is 5.91 Å². The molecule has 0 radical (unpaired) electrons. The molecule has 102 valence electrons. The molecule has 1 heterocycles. The van der Waals surface area contributed by atoms with Crippen molar-refractivity contribution in [2.75, 3.05) is 11.9 Å². The van der Waals surface area contributed by atoms with Crippen molar-refractivity contribution in [1.29, 1.82) is 0 Å². The van der Waals surface area contributed by atoms with E-state index in [1.807, 2.05) is 0 Å². The molecule has 19 heavy (non-hydrogen) atoms. The molecule has 0 aromatic heterocycles. The Labute approximate surface area is 109 Å². The minimum absolute atomic E-state index is 0.00938. The van der Waals surface area contributed by atoms with E-state index >= 15 is 0 Å². The number of carbonyl (C=O) groups excluding carboxylic acids is 1. The lowest BCUT2D eigenvalue weighted by molar-refractivity contribution is -0.118. The van der Waals surface area contributed by atoms with Gasteiger partial charge in [-0.25, -0.2) is 9.18 Å². The number of anilines is 1. The maximum Gasteiger partial charge on any atom is 0.337 e. The summed E-state index contributed by atoms with van der Waals surface area (Å²) in [5.41, 5.74) is -0.129. The van der Waals surface area contributed by atoms with Crippen LogP contribution in [0.4, 0.5) is 10.1 Å². The van der Waals surface area contributed by atoms with E-state index in [9.17, 15) is 14.0 Å². The van der Waals surface area contributed by atoms with E-state index in [4.69, 9.17) is 5.11 Å². The highest BCUT2D eigenvalue weighted by molar-refractivity contribution is 6.02. The number of halogens is 1. The zero-order valence-corrected chi connectivity index (χ0v) is 10.3. The van der Waals surface area contributed by atoms with E-state index in [2.05, 4.69) is 10.6 Å². The van der Waals surface area contributed by atoms with Gasteiger partial charge in [-0.3, -0.25) is 4.79 Å². The molecule has 1 aliphatic rings. The Morgan fingerprint density at radius 3 is 2.79 bits per heavy atom. The fraction of sp³-hybridized carbons (Fsp3) is 0.385. The molecule has 1 atom stereocenters. The fourth-order valence-electron chi connectivity index (χ4n) is 2.10. The average Bonchev–Trinajstić information content (AvgIpc) is 2.39. The van der Waals surface area contributed by atoms with Gasteiger partial charge >= 0.3 is 5.97 Å². The zero-order chi connectivity index (χ0) is 13.8. The van der Waals surface area contributed by atoms with Crippen molar-refractivity contribution in [3.05, 3.63) is 29.6 Å². The van der Waals surface area contributed by atoms with Gasteiger partial charge in [0.1, 0.15) is 5.82 Å². The summed E-state index contributed by atoms with van der Waals surface area (Å²) >= 11 is 0. The second-order valence-electron chi connectivity index (χ2n) is 4.49. The molecule has 0 unspecified atom stereocenters. The molecular formula is C13H15FN2O3. The topological polar surface area (TPSA) is 78.4 Å². The highest BCUT2D eigenvalue weighted by Gasteiger charge is 2.22. The van der Waals surface area contributed by atoms with E-state index in [1.54, 1.807) is 0 Å². The third-order valence-corrected chi connectivity index (χ3v) is 3.10. The SMILES string of the molecule is O=C(O)c1ccc(F)cc1NC(=O)[C@@H]1CCCCN1. The Bertz CT molecular complexity index is 499. The Hall–Kier alpha value is -1.95. The van der Waals surface area contributed by atoms with Crippen molar-refractivity contribution in [2.24, 2.45) is 0 Å². The number of rotatable bonds is 3. The van der Waals surface area contributed by atoms with Crippen LogP contribution in [0.1, 0.15) is 29.6 Å². The van der Waals surface area contributed by atoms with Crippen LogP contribution in [0.25, 0.3) is 0 Å². The summed E-state index contributed by atoms with van der Waals surface area (Å²) in [6, 6.07) is 2.86. The summed E-state index contributed by atoms with van der Waals surface area (Å²) in [5.74, 6) is -2.11. The van der Waals surface area contributed by atoms with Gasteiger partial charge in [-0.2, -0.15) is 0 Å². The molecule has 0 saturated carbocycles. The molecule has 3 N–H and O–H groups in total. The largest absolute Gasteiger partial charge is 0.478 e. The molecule has 0 aliphatic carbocycles. The van der Waals surface area contributed by atoms with Crippen LogP contribution in [-0.4, -0.2) is 29.6 Å². The van der Waals surface area contributed by atoms with Crippen LogP contribution < -0.4 is 10.6 Å². The molecule has 0 spiro atoms. The number of hydrogen-bond acceptors (Lipinski definition) is 3. The number of nitrogens with one attached hydrogen (secondary N) is 2. The molecule has 1 amide bonds. The van der Waals surface area contributed by atoms with Crippen molar-refractivity contribution >= 4 is 17.6 Å². The second kappa shape index (κ2) is 5.79. The molecule has 1 aliphatic heterocycles. The summed E-state index contributed by atoms with van der Waals surface area (Å²) in [5, 5.41) is 14.5. The van der Waals surface area contributed by atoms with Crippen molar-refractivity contribution in [1.82, 2.24) is 5.32 Å². The van der Waals surface area contributed by atoms with Crippen molar-refractivity contribution in [3.8, 4) is 0 Å². The summed E-state index contributed by atoms with van der Waals surface area (Å²) < 4.78 is 13.1. The molecule has 1 fully saturated rings. The quantitative estimate of drug-likeness (QED) is 0.776. The van der Waals surface area contributed by atoms with Gasteiger partial charge < -0.3 is 15.7 Å². The van der Waals surface area contributed by atoms with Crippen LogP contribution in [0.15, 0.2) is 18.2 Å². The first kappa shape index (κ1) is 13.5. The number of benzene rings is 1. The third kappa shape index (κ3) is 3.29. The first-order valence-electron chi connectivity index (χ1n) is 6.15. The van der Waals surface area contributed by atoms with Gasteiger partial charge in [0.25, 0.3) is 0 Å². The Morgan fingerprint density at radius 2 is 2.16 bits per heavy atom. The zero-order valence-electron chi connectivity index (χ0n) is 10.3. The number of aromatic carboxylic acids is 1. The normalized spacial score (nSPS) is 18.9. The van der Waals surface area contributed by atoms with Gasteiger partial charge in [0.15, 0.2) is 0 Å². The number of amides is 1. The van der Waals surface area contributed by atoms with E-state index < -0.39 is 11.8 Å². The summed E-state index contributed by atoms with van der Waals surface area (Å²) in [4.78, 5) is 23.0. The molecule has 0 bridgehead atoms. The lowest BCUT2D eigenvalue weighted by Gasteiger charge is -2.22. The monoisotopic (exact) mass is 266 g/mol. The fourth-order valence-corrected chi connectivity index (χ4v) is 2.10. The third-order valence-electron chi connectivity index (χ3n) is 3.10. The van der Waals surface area contributed by atoms with Gasteiger partial charge in [-0.05, 0) is 37.6 Å². The summed E-state index contributed by atoms with van der Waals surface area (Å²) in [7, 11) is 0. The second-order valence-corrected chi connectivity index (χ2v) is 4.49. The van der Waals surface area contributed by atoms with E-state index in [-0.39, 0.29) is 23.2 Å². The van der Waals surface area contributed by atoms with Gasteiger partial charge in [0.05, 0.1) is 17.3 Å². The molecule has 1 aromatic rings. The lowest BCUT2D eigenvalue weighted by Crippen LogP contribution is -2.43. The van der Waals surface area contributed by atoms with Crippen molar-refractivity contribution in [2.45, 2.75) is 25.3 Å². The standard InChI is InChI=1S/C13H15FN2O3/c14-8-4-5-9(13(18)19)11(7-8)16-12(17)10-3-1-2-6-15-10/h4-5,7,10,15H,1-3,6H2,(H,16,17)(H,18,19)/t10-/m0/s1. The smallest absolute Gasteiger partial charge is 0.337 e. The minimum Gasteiger partial charge on any atom is -0.478 e. The molecule has 5 nitrogen and oxygen atoms in total. The molecule has 1 aromatic carbocycles. The summed E-state index contributed by atoms with van der Waals surface area (Å²) in [6.07, 6.45) is 2.66. The Balaban J connectivity index is 2.15. The maximum atomic E-state index is 13.1. The van der Waals surface area contributed by atoms with Crippen LogP contribution in [-0.2, 0) is 4.79 Å². The molecule has 2 rings (SSSR count).